The average molecular weight is 189 g/mol. The molecule has 82 valence electrons. The predicted molar refractivity (Wildman–Crippen MR) is 61.0 cm³/mol. The standard InChI is InChI=1S/C10H23N3.2H2/c1-5-10(6-11-8-12-10)7-13(4)9(2)3;;/h9,11-12H,5-8H2,1-4H3;2*1H. The topological polar surface area (TPSA) is 27.3 Å². The molecule has 0 bridgehead atoms. The number of rotatable bonds is 4. The van der Waals surface area contributed by atoms with Gasteiger partial charge in [0.2, 0.25) is 0 Å². The lowest BCUT2D eigenvalue weighted by Gasteiger charge is -2.34. The Kier molecular flexibility index (Phi) is 3.71. The summed E-state index contributed by atoms with van der Waals surface area (Å²) in [6.45, 7) is 9.93. The van der Waals surface area contributed by atoms with Crippen molar-refractivity contribution >= 4 is 0 Å². The highest BCUT2D eigenvalue weighted by atomic mass is 15.3. The van der Waals surface area contributed by atoms with Gasteiger partial charge in [-0.1, -0.05) is 6.92 Å². The number of nitrogens with one attached hydrogen (secondary N) is 2. The normalized spacial score (nSPS) is 29.1. The van der Waals surface area contributed by atoms with Gasteiger partial charge < -0.3 is 10.2 Å². The molecule has 13 heavy (non-hydrogen) atoms. The molecular weight excluding hydrogens is 162 g/mol. The second-order valence-corrected chi connectivity index (χ2v) is 4.42. The largest absolute Gasteiger partial charge is 0.303 e. The Bertz CT molecular complexity index is 159. The summed E-state index contributed by atoms with van der Waals surface area (Å²) in [4.78, 5) is 2.41. The molecule has 0 amide bonds. The lowest BCUT2D eigenvalue weighted by Crippen LogP contribution is -2.52. The Labute approximate surface area is 84.8 Å². The molecule has 0 aliphatic carbocycles. The summed E-state index contributed by atoms with van der Waals surface area (Å²) in [5.74, 6) is 0. The van der Waals surface area contributed by atoms with Crippen molar-refractivity contribution in [2.45, 2.75) is 38.8 Å². The maximum Gasteiger partial charge on any atom is 0.0460 e. The summed E-state index contributed by atoms with van der Waals surface area (Å²) >= 11 is 0. The van der Waals surface area contributed by atoms with E-state index in [4.69, 9.17) is 0 Å². The third kappa shape index (κ3) is 2.66. The van der Waals surface area contributed by atoms with Gasteiger partial charge in [-0.15, -0.1) is 0 Å². The SMILES string of the molecule is CCC1(CN(C)C(C)C)CNCN1.[HH].[HH]. The Hall–Kier alpha value is -0.120. The Morgan fingerprint density at radius 2 is 2.23 bits per heavy atom. The zero-order chi connectivity index (χ0) is 9.90. The number of hydrogen-bond acceptors (Lipinski definition) is 3. The van der Waals surface area contributed by atoms with Crippen LogP contribution in [0.25, 0.3) is 0 Å². The summed E-state index contributed by atoms with van der Waals surface area (Å²) in [5.41, 5.74) is 0.305. The second kappa shape index (κ2) is 4.40. The highest BCUT2D eigenvalue weighted by molar-refractivity contribution is 4.95. The third-order valence-electron chi connectivity index (χ3n) is 3.16. The van der Waals surface area contributed by atoms with Crippen LogP contribution in [0.1, 0.15) is 30.0 Å². The van der Waals surface area contributed by atoms with Crippen LogP contribution in [-0.2, 0) is 0 Å². The van der Waals surface area contributed by atoms with Gasteiger partial charge in [-0.25, -0.2) is 0 Å². The van der Waals surface area contributed by atoms with E-state index >= 15 is 0 Å². The fraction of sp³-hybridized carbons (Fsp3) is 1.00. The summed E-state index contributed by atoms with van der Waals surface area (Å²) in [6, 6.07) is 0.630. The highest BCUT2D eigenvalue weighted by Crippen LogP contribution is 2.14. The molecule has 0 radical (unpaired) electrons. The van der Waals surface area contributed by atoms with E-state index < -0.39 is 0 Å². The van der Waals surface area contributed by atoms with E-state index in [-0.39, 0.29) is 2.85 Å². The molecule has 1 atom stereocenters. The first kappa shape index (κ1) is 11.0. The average Bonchev–Trinajstić information content (AvgIpc) is 2.54. The first-order chi connectivity index (χ1) is 6.09. The number of nitrogens with zero attached hydrogens (tertiary/aromatic N) is 1. The minimum Gasteiger partial charge on any atom is -0.303 e. The Balaban J connectivity index is 0. The van der Waals surface area contributed by atoms with Gasteiger partial charge in [0.1, 0.15) is 0 Å². The molecule has 3 heteroatoms. The van der Waals surface area contributed by atoms with Gasteiger partial charge >= 0.3 is 0 Å². The highest BCUT2D eigenvalue weighted by Gasteiger charge is 2.32. The molecule has 1 aliphatic heterocycles. The van der Waals surface area contributed by atoms with Crippen LogP contribution in [0.15, 0.2) is 0 Å². The minimum atomic E-state index is 0. The molecule has 2 N–H and O–H groups in total. The zero-order valence-corrected chi connectivity index (χ0v) is 9.35. The Morgan fingerprint density at radius 3 is 2.62 bits per heavy atom. The monoisotopic (exact) mass is 189 g/mol. The van der Waals surface area contributed by atoms with Crippen molar-refractivity contribution in [1.29, 1.82) is 0 Å². The van der Waals surface area contributed by atoms with E-state index in [1.54, 1.807) is 0 Å². The van der Waals surface area contributed by atoms with Gasteiger partial charge in [0.05, 0.1) is 0 Å². The molecule has 0 spiro atoms. The van der Waals surface area contributed by atoms with Gasteiger partial charge in [0.15, 0.2) is 0 Å². The summed E-state index contributed by atoms with van der Waals surface area (Å²) in [6.07, 6.45) is 1.19. The van der Waals surface area contributed by atoms with Crippen LogP contribution in [0.2, 0.25) is 0 Å². The van der Waals surface area contributed by atoms with Crippen molar-refractivity contribution in [2.24, 2.45) is 0 Å². The molecule has 1 rings (SSSR count). The van der Waals surface area contributed by atoms with E-state index in [0.717, 1.165) is 19.8 Å². The predicted octanol–water partition coefficient (Wildman–Crippen LogP) is 1.12. The lowest BCUT2D eigenvalue weighted by molar-refractivity contribution is 0.195. The third-order valence-corrected chi connectivity index (χ3v) is 3.16. The minimum absolute atomic E-state index is 0. The van der Waals surface area contributed by atoms with Crippen molar-refractivity contribution in [3.8, 4) is 0 Å². The molecule has 0 aromatic rings. The molecule has 1 unspecified atom stereocenters. The fourth-order valence-electron chi connectivity index (χ4n) is 1.75. The first-order valence-electron chi connectivity index (χ1n) is 5.25. The molecule has 1 fully saturated rings. The van der Waals surface area contributed by atoms with E-state index in [0.29, 0.717) is 11.6 Å². The molecule has 1 aliphatic rings. The van der Waals surface area contributed by atoms with Gasteiger partial charge in [-0.05, 0) is 27.3 Å². The van der Waals surface area contributed by atoms with Crippen LogP contribution < -0.4 is 10.6 Å². The van der Waals surface area contributed by atoms with Crippen molar-refractivity contribution in [2.75, 3.05) is 26.8 Å². The maximum atomic E-state index is 3.55. The van der Waals surface area contributed by atoms with E-state index in [1.165, 1.54) is 6.42 Å². The molecule has 0 aromatic carbocycles. The van der Waals surface area contributed by atoms with Gasteiger partial charge in [-0.3, -0.25) is 5.32 Å². The molecule has 0 aromatic heterocycles. The van der Waals surface area contributed by atoms with E-state index in [2.05, 4.69) is 43.4 Å². The Morgan fingerprint density at radius 1 is 1.54 bits per heavy atom. The van der Waals surface area contributed by atoms with Crippen LogP contribution >= 0.6 is 0 Å². The quantitative estimate of drug-likeness (QED) is 0.694. The second-order valence-electron chi connectivity index (χ2n) is 4.42. The smallest absolute Gasteiger partial charge is 0.0460 e. The zero-order valence-electron chi connectivity index (χ0n) is 9.35. The van der Waals surface area contributed by atoms with Crippen LogP contribution in [0.4, 0.5) is 0 Å². The van der Waals surface area contributed by atoms with Gasteiger partial charge in [0.25, 0.3) is 0 Å². The van der Waals surface area contributed by atoms with Gasteiger partial charge in [0, 0.05) is 34.2 Å². The van der Waals surface area contributed by atoms with Crippen LogP contribution in [0, 0.1) is 0 Å². The van der Waals surface area contributed by atoms with Gasteiger partial charge in [-0.2, -0.15) is 0 Å². The summed E-state index contributed by atoms with van der Waals surface area (Å²) < 4.78 is 0. The van der Waals surface area contributed by atoms with E-state index in [1.807, 2.05) is 0 Å². The van der Waals surface area contributed by atoms with Crippen LogP contribution in [0.3, 0.4) is 0 Å². The fourth-order valence-corrected chi connectivity index (χ4v) is 1.75. The lowest BCUT2D eigenvalue weighted by atomic mass is 9.96. The van der Waals surface area contributed by atoms with Crippen molar-refractivity contribution in [1.82, 2.24) is 15.5 Å². The van der Waals surface area contributed by atoms with Crippen LogP contribution in [0.5, 0.6) is 0 Å². The summed E-state index contributed by atoms with van der Waals surface area (Å²) in [7, 11) is 2.20. The molecule has 1 saturated heterocycles. The number of hydrogen-bond donors (Lipinski definition) is 2. The summed E-state index contributed by atoms with van der Waals surface area (Å²) in [5, 5.41) is 6.92. The molecule has 0 saturated carbocycles. The molecule has 3 nitrogen and oxygen atoms in total. The van der Waals surface area contributed by atoms with Crippen LogP contribution in [-0.4, -0.2) is 43.3 Å². The first-order valence-corrected chi connectivity index (χ1v) is 5.25. The van der Waals surface area contributed by atoms with Crippen molar-refractivity contribution in [3.05, 3.63) is 0 Å². The maximum absolute atomic E-state index is 3.55. The van der Waals surface area contributed by atoms with E-state index in [9.17, 15) is 0 Å². The molecular formula is C10H27N3. The van der Waals surface area contributed by atoms with Crippen molar-refractivity contribution in [3.63, 3.8) is 0 Å². The number of likely N-dealkylation sites (N-methyl/N-ethyl adjacent to an activating group) is 1. The van der Waals surface area contributed by atoms with Crippen molar-refractivity contribution < 1.29 is 2.85 Å². The molecule has 1 heterocycles.